The minimum atomic E-state index is -0.770. The predicted molar refractivity (Wildman–Crippen MR) is 60.4 cm³/mol. The van der Waals surface area contributed by atoms with Crippen LogP contribution in [0.4, 0.5) is 0 Å². The van der Waals surface area contributed by atoms with Crippen LogP contribution in [0, 0.1) is 0 Å². The lowest BCUT2D eigenvalue weighted by Gasteiger charge is -2.13. The summed E-state index contributed by atoms with van der Waals surface area (Å²) in [4.78, 5) is 10.5. The maximum atomic E-state index is 10.5. The van der Waals surface area contributed by atoms with E-state index in [1.807, 2.05) is 24.3 Å². The average Bonchev–Trinajstić information content (AvgIpc) is 3.08. The highest BCUT2D eigenvalue weighted by Gasteiger charge is 2.43. The number of hydrogen-bond acceptors (Lipinski definition) is 2. The Hall–Kier alpha value is -1.35. The number of hydrogen-bond donors (Lipinski definition) is 2. The lowest BCUT2D eigenvalue weighted by molar-refractivity contribution is -0.136. The smallest absolute Gasteiger partial charge is 0.303 e. The zero-order valence-electron chi connectivity index (χ0n) is 9.15. The predicted octanol–water partition coefficient (Wildman–Crippen LogP) is 1.73. The summed E-state index contributed by atoms with van der Waals surface area (Å²) >= 11 is 0. The van der Waals surface area contributed by atoms with Gasteiger partial charge in [-0.1, -0.05) is 24.3 Å². The summed E-state index contributed by atoms with van der Waals surface area (Å²) in [5.74, 6) is -0.770. The number of aliphatic hydroxyl groups excluding tert-OH is 1. The summed E-state index contributed by atoms with van der Waals surface area (Å²) in [6, 6.07) is 7.95. The Morgan fingerprint density at radius 3 is 2.69 bits per heavy atom. The van der Waals surface area contributed by atoms with Gasteiger partial charge in [-0.2, -0.15) is 0 Å². The number of carboxylic acid groups (broad SMARTS) is 1. The zero-order chi connectivity index (χ0) is 11.6. The van der Waals surface area contributed by atoms with Gasteiger partial charge in [0.15, 0.2) is 0 Å². The quantitative estimate of drug-likeness (QED) is 0.794. The van der Waals surface area contributed by atoms with Crippen molar-refractivity contribution < 1.29 is 15.0 Å². The van der Waals surface area contributed by atoms with Crippen molar-refractivity contribution >= 4 is 5.97 Å². The Balaban J connectivity index is 2.11. The molecule has 3 nitrogen and oxygen atoms in total. The third kappa shape index (κ3) is 2.25. The molecule has 0 radical (unpaired) electrons. The van der Waals surface area contributed by atoms with Gasteiger partial charge in [-0.15, -0.1) is 0 Å². The molecule has 0 saturated heterocycles. The molecule has 16 heavy (non-hydrogen) atoms. The van der Waals surface area contributed by atoms with Gasteiger partial charge >= 0.3 is 5.97 Å². The number of carbonyl (C=O) groups is 1. The van der Waals surface area contributed by atoms with Crippen molar-refractivity contribution in [3.05, 3.63) is 35.4 Å². The molecule has 1 aromatic rings. The van der Waals surface area contributed by atoms with Crippen molar-refractivity contribution in [1.82, 2.24) is 0 Å². The minimum Gasteiger partial charge on any atom is -0.481 e. The summed E-state index contributed by atoms with van der Waals surface area (Å²) in [6.45, 7) is 0.190. The molecular weight excluding hydrogens is 204 g/mol. The molecule has 1 aromatic carbocycles. The summed E-state index contributed by atoms with van der Waals surface area (Å²) in [5, 5.41) is 17.9. The largest absolute Gasteiger partial charge is 0.481 e. The third-order valence-electron chi connectivity index (χ3n) is 3.32. The van der Waals surface area contributed by atoms with E-state index in [-0.39, 0.29) is 18.4 Å². The van der Waals surface area contributed by atoms with E-state index in [1.54, 1.807) is 0 Å². The molecule has 0 bridgehead atoms. The Labute approximate surface area is 94.7 Å². The molecule has 86 valence electrons. The van der Waals surface area contributed by atoms with Crippen LogP contribution < -0.4 is 0 Å². The first-order valence-electron chi connectivity index (χ1n) is 5.58. The van der Waals surface area contributed by atoms with Gasteiger partial charge in [0.2, 0.25) is 0 Å². The van der Waals surface area contributed by atoms with E-state index in [4.69, 9.17) is 5.11 Å². The number of aliphatic carboxylic acids is 1. The van der Waals surface area contributed by atoms with Crippen molar-refractivity contribution in [3.63, 3.8) is 0 Å². The van der Waals surface area contributed by atoms with E-state index in [0.717, 1.165) is 24.0 Å². The molecule has 1 aliphatic rings. The number of benzene rings is 1. The van der Waals surface area contributed by atoms with Crippen molar-refractivity contribution in [2.24, 2.45) is 0 Å². The highest BCUT2D eigenvalue weighted by molar-refractivity contribution is 5.67. The van der Waals surface area contributed by atoms with Crippen molar-refractivity contribution in [2.45, 2.75) is 31.1 Å². The Morgan fingerprint density at radius 2 is 2.12 bits per heavy atom. The lowest BCUT2D eigenvalue weighted by Crippen LogP contribution is -2.12. The molecule has 0 aromatic heterocycles. The fraction of sp³-hybridized carbons (Fsp3) is 0.462. The summed E-state index contributed by atoms with van der Waals surface area (Å²) in [6.07, 6.45) is 2.79. The van der Waals surface area contributed by atoms with Gasteiger partial charge in [-0.3, -0.25) is 4.79 Å². The minimum absolute atomic E-state index is 0.0285. The molecule has 0 atom stereocenters. The van der Waals surface area contributed by atoms with E-state index in [1.165, 1.54) is 0 Å². The molecule has 0 amide bonds. The van der Waals surface area contributed by atoms with E-state index >= 15 is 0 Å². The molecule has 1 aliphatic carbocycles. The van der Waals surface area contributed by atoms with E-state index in [2.05, 4.69) is 0 Å². The Bertz CT molecular complexity index is 394. The Kier molecular flexibility index (Phi) is 2.97. The maximum Gasteiger partial charge on any atom is 0.303 e. The van der Waals surface area contributed by atoms with Crippen LogP contribution in [0.1, 0.15) is 30.4 Å². The maximum absolute atomic E-state index is 10.5. The molecule has 0 spiro atoms. The van der Waals surface area contributed by atoms with Crippen LogP contribution in [-0.4, -0.2) is 22.8 Å². The number of aryl methyl sites for hydroxylation is 1. The lowest BCUT2D eigenvalue weighted by atomic mass is 9.94. The molecule has 1 saturated carbocycles. The highest BCUT2D eigenvalue weighted by Crippen LogP contribution is 2.47. The fourth-order valence-corrected chi connectivity index (χ4v) is 2.00. The van der Waals surface area contributed by atoms with E-state index < -0.39 is 5.97 Å². The Morgan fingerprint density at radius 1 is 1.38 bits per heavy atom. The molecule has 2 N–H and O–H groups in total. The van der Waals surface area contributed by atoms with Crippen LogP contribution in [-0.2, 0) is 16.6 Å². The van der Waals surface area contributed by atoms with Crippen molar-refractivity contribution in [1.29, 1.82) is 0 Å². The topological polar surface area (TPSA) is 57.5 Å². The highest BCUT2D eigenvalue weighted by atomic mass is 16.4. The summed E-state index contributed by atoms with van der Waals surface area (Å²) in [5.41, 5.74) is 2.16. The molecule has 0 unspecified atom stereocenters. The molecule has 0 heterocycles. The van der Waals surface area contributed by atoms with Crippen LogP contribution in [0.15, 0.2) is 24.3 Å². The molecule has 2 rings (SSSR count). The first-order valence-corrected chi connectivity index (χ1v) is 5.58. The second kappa shape index (κ2) is 4.26. The SMILES string of the molecule is O=C(O)CCc1cccc(C2(CO)CC2)c1. The zero-order valence-corrected chi connectivity index (χ0v) is 9.15. The van der Waals surface area contributed by atoms with Crippen LogP contribution in [0.2, 0.25) is 0 Å². The monoisotopic (exact) mass is 220 g/mol. The molecule has 0 aliphatic heterocycles. The number of carboxylic acids is 1. The fourth-order valence-electron chi connectivity index (χ4n) is 2.00. The standard InChI is InChI=1S/C13H16O3/c14-9-13(6-7-13)11-3-1-2-10(8-11)4-5-12(15)16/h1-3,8,14H,4-7,9H2,(H,15,16). The normalized spacial score (nSPS) is 17.1. The first-order chi connectivity index (χ1) is 7.66. The second-order valence-corrected chi connectivity index (χ2v) is 4.53. The van der Waals surface area contributed by atoms with Crippen molar-refractivity contribution in [2.75, 3.05) is 6.61 Å². The first kappa shape index (κ1) is 11.1. The molecule has 1 fully saturated rings. The van der Waals surface area contributed by atoms with E-state index in [0.29, 0.717) is 6.42 Å². The van der Waals surface area contributed by atoms with E-state index in [9.17, 15) is 9.90 Å². The molecular formula is C13H16O3. The average molecular weight is 220 g/mol. The van der Waals surface area contributed by atoms with Crippen LogP contribution in [0.25, 0.3) is 0 Å². The second-order valence-electron chi connectivity index (χ2n) is 4.53. The summed E-state index contributed by atoms with van der Waals surface area (Å²) < 4.78 is 0. The van der Waals surface area contributed by atoms with Gasteiger partial charge in [0.1, 0.15) is 0 Å². The van der Waals surface area contributed by atoms with Gasteiger partial charge in [0.25, 0.3) is 0 Å². The molecule has 3 heteroatoms. The third-order valence-corrected chi connectivity index (χ3v) is 3.32. The number of aliphatic hydroxyl groups is 1. The van der Waals surface area contributed by atoms with Gasteiger partial charge in [-0.25, -0.2) is 0 Å². The van der Waals surface area contributed by atoms with Crippen LogP contribution in [0.5, 0.6) is 0 Å². The van der Waals surface area contributed by atoms with Crippen molar-refractivity contribution in [3.8, 4) is 0 Å². The number of rotatable bonds is 5. The van der Waals surface area contributed by atoms with Gasteiger partial charge in [-0.05, 0) is 30.4 Å². The van der Waals surface area contributed by atoms with Gasteiger partial charge < -0.3 is 10.2 Å². The van der Waals surface area contributed by atoms with Gasteiger partial charge in [0.05, 0.1) is 6.61 Å². The van der Waals surface area contributed by atoms with Crippen LogP contribution >= 0.6 is 0 Å². The van der Waals surface area contributed by atoms with Gasteiger partial charge in [0, 0.05) is 11.8 Å². The van der Waals surface area contributed by atoms with Crippen LogP contribution in [0.3, 0.4) is 0 Å². The summed E-state index contributed by atoms with van der Waals surface area (Å²) in [7, 11) is 0.